The molecule has 2 aromatic carbocycles. The smallest absolute Gasteiger partial charge is 0.264 e. The van der Waals surface area contributed by atoms with Crippen molar-refractivity contribution < 1.29 is 13.2 Å². The number of aryl methyl sites for hydroxylation is 1. The third-order valence-corrected chi connectivity index (χ3v) is 7.12. The van der Waals surface area contributed by atoms with E-state index in [1.165, 1.54) is 4.31 Å². The van der Waals surface area contributed by atoms with E-state index in [1.54, 1.807) is 29.2 Å². The van der Waals surface area contributed by atoms with Gasteiger partial charge in [0.25, 0.3) is 10.0 Å². The van der Waals surface area contributed by atoms with Crippen LogP contribution in [0.2, 0.25) is 0 Å². The fourth-order valence-corrected chi connectivity index (χ4v) is 4.68. The van der Waals surface area contributed by atoms with Crippen LogP contribution < -0.4 is 4.31 Å². The number of benzene rings is 2. The number of amides is 1. The largest absolute Gasteiger partial charge is 0.342 e. The summed E-state index contributed by atoms with van der Waals surface area (Å²) in [7, 11) is -3.90. The van der Waals surface area contributed by atoms with Gasteiger partial charge in [0.05, 0.1) is 10.6 Å². The summed E-state index contributed by atoms with van der Waals surface area (Å²) in [5.74, 6) is -0.213. The first-order chi connectivity index (χ1) is 14.0. The molecule has 0 unspecified atom stereocenters. The summed E-state index contributed by atoms with van der Waals surface area (Å²) in [5.41, 5.74) is 2.59. The van der Waals surface area contributed by atoms with Gasteiger partial charge in [-0.2, -0.15) is 0 Å². The predicted octanol–water partition coefficient (Wildman–Crippen LogP) is 4.61. The number of nitrogens with zero attached hydrogens (tertiary/aromatic N) is 2. The van der Waals surface area contributed by atoms with Crippen LogP contribution in [0.25, 0.3) is 0 Å². The molecule has 0 bridgehead atoms. The number of carbonyl (C=O) groups excluding carboxylic acids is 1. The molecule has 0 aliphatic heterocycles. The van der Waals surface area contributed by atoms with Crippen LogP contribution in [-0.2, 0) is 26.7 Å². The molecule has 0 radical (unpaired) electrons. The van der Waals surface area contributed by atoms with Crippen molar-refractivity contribution in [2.75, 3.05) is 23.9 Å². The average molecular weight is 431 g/mol. The van der Waals surface area contributed by atoms with Crippen molar-refractivity contribution in [1.82, 2.24) is 4.90 Å². The molecule has 30 heavy (non-hydrogen) atoms. The number of hydrogen-bond donors (Lipinski definition) is 0. The van der Waals surface area contributed by atoms with Crippen LogP contribution in [0, 0.1) is 0 Å². The molecule has 0 atom stereocenters. The molecule has 0 saturated heterocycles. The summed E-state index contributed by atoms with van der Waals surface area (Å²) in [6, 6.07) is 14.3. The second-order valence-electron chi connectivity index (χ2n) is 8.37. The van der Waals surface area contributed by atoms with Crippen molar-refractivity contribution in [3.8, 4) is 0 Å². The summed E-state index contributed by atoms with van der Waals surface area (Å²) >= 11 is 0. The quantitative estimate of drug-likeness (QED) is 0.614. The Morgan fingerprint density at radius 1 is 0.867 bits per heavy atom. The van der Waals surface area contributed by atoms with Gasteiger partial charge in [-0.15, -0.1) is 0 Å². The maximum absolute atomic E-state index is 13.5. The predicted molar refractivity (Wildman–Crippen MR) is 123 cm³/mol. The minimum atomic E-state index is -3.90. The summed E-state index contributed by atoms with van der Waals surface area (Å²) in [4.78, 5) is 14.6. The van der Waals surface area contributed by atoms with Crippen LogP contribution in [0.5, 0.6) is 0 Å². The van der Waals surface area contributed by atoms with E-state index in [0.29, 0.717) is 18.8 Å². The Hall–Kier alpha value is -2.34. The van der Waals surface area contributed by atoms with Crippen molar-refractivity contribution >= 4 is 21.6 Å². The van der Waals surface area contributed by atoms with E-state index in [-0.39, 0.29) is 22.8 Å². The zero-order valence-corrected chi connectivity index (χ0v) is 19.8. The van der Waals surface area contributed by atoms with Crippen molar-refractivity contribution in [2.45, 2.75) is 58.3 Å². The van der Waals surface area contributed by atoms with Gasteiger partial charge in [-0.3, -0.25) is 9.10 Å². The molecule has 2 aromatic rings. The minimum absolute atomic E-state index is 0.0727. The number of sulfonamides is 1. The van der Waals surface area contributed by atoms with Crippen LogP contribution in [0.3, 0.4) is 0 Å². The van der Waals surface area contributed by atoms with E-state index in [4.69, 9.17) is 0 Å². The van der Waals surface area contributed by atoms with E-state index in [0.717, 1.165) is 17.5 Å². The van der Waals surface area contributed by atoms with Gasteiger partial charge in [-0.05, 0) is 61.1 Å². The fraction of sp³-hybridized carbons (Fsp3) is 0.458. The summed E-state index contributed by atoms with van der Waals surface area (Å²) < 4.78 is 28.3. The lowest BCUT2D eigenvalue weighted by Gasteiger charge is -2.28. The second-order valence-corrected chi connectivity index (χ2v) is 10.2. The van der Waals surface area contributed by atoms with Crippen molar-refractivity contribution in [3.63, 3.8) is 0 Å². The molecular formula is C24H34N2O3S. The highest BCUT2D eigenvalue weighted by Crippen LogP contribution is 2.27. The van der Waals surface area contributed by atoms with Crippen LogP contribution in [-0.4, -0.2) is 38.9 Å². The van der Waals surface area contributed by atoms with Gasteiger partial charge in [0, 0.05) is 13.1 Å². The van der Waals surface area contributed by atoms with Gasteiger partial charge in [0.1, 0.15) is 6.54 Å². The number of carbonyl (C=O) groups is 1. The summed E-state index contributed by atoms with van der Waals surface area (Å²) in [6.07, 6.45) is 0.861. The lowest BCUT2D eigenvalue weighted by Crippen LogP contribution is -2.43. The fourth-order valence-electron chi connectivity index (χ4n) is 3.27. The molecule has 0 fully saturated rings. The van der Waals surface area contributed by atoms with E-state index in [1.807, 2.05) is 45.0 Å². The molecule has 0 N–H and O–H groups in total. The van der Waals surface area contributed by atoms with Gasteiger partial charge in [-0.25, -0.2) is 8.42 Å². The SMILES string of the molecule is CCc1ccc(N(CC(=O)N(CC)CC)S(=O)(=O)c2ccc(C(C)(C)C)cc2)cc1. The number of rotatable bonds is 8. The summed E-state index contributed by atoms with van der Waals surface area (Å²) in [5, 5.41) is 0. The molecule has 0 spiro atoms. The number of hydrogen-bond acceptors (Lipinski definition) is 3. The van der Waals surface area contributed by atoms with Gasteiger partial charge < -0.3 is 4.90 Å². The molecule has 0 aromatic heterocycles. The van der Waals surface area contributed by atoms with Crippen LogP contribution in [0.1, 0.15) is 52.7 Å². The van der Waals surface area contributed by atoms with Crippen molar-refractivity contribution in [1.29, 1.82) is 0 Å². The topological polar surface area (TPSA) is 57.7 Å². The molecule has 164 valence electrons. The normalized spacial score (nSPS) is 11.9. The van der Waals surface area contributed by atoms with E-state index >= 15 is 0 Å². The van der Waals surface area contributed by atoms with Crippen molar-refractivity contribution in [2.24, 2.45) is 0 Å². The van der Waals surface area contributed by atoms with Crippen LogP contribution >= 0.6 is 0 Å². The molecule has 0 aliphatic carbocycles. The molecule has 0 saturated carbocycles. The maximum Gasteiger partial charge on any atom is 0.264 e. The highest BCUT2D eigenvalue weighted by Gasteiger charge is 2.29. The van der Waals surface area contributed by atoms with Gasteiger partial charge in [-0.1, -0.05) is 52.0 Å². The highest BCUT2D eigenvalue weighted by molar-refractivity contribution is 7.92. The second kappa shape index (κ2) is 9.65. The van der Waals surface area contributed by atoms with Gasteiger partial charge in [0.2, 0.25) is 5.91 Å². The highest BCUT2D eigenvalue weighted by atomic mass is 32.2. The van der Waals surface area contributed by atoms with Gasteiger partial charge >= 0.3 is 0 Å². The Labute approximate surface area is 181 Å². The first-order valence-corrected chi connectivity index (χ1v) is 12.0. The Balaban J connectivity index is 2.49. The third-order valence-electron chi connectivity index (χ3n) is 5.34. The lowest BCUT2D eigenvalue weighted by atomic mass is 9.87. The Morgan fingerprint density at radius 3 is 1.83 bits per heavy atom. The van der Waals surface area contributed by atoms with E-state index in [2.05, 4.69) is 20.8 Å². The third kappa shape index (κ3) is 5.42. The minimum Gasteiger partial charge on any atom is -0.342 e. The molecule has 1 amide bonds. The molecule has 0 heterocycles. The molecular weight excluding hydrogens is 396 g/mol. The molecule has 2 rings (SSSR count). The number of anilines is 1. The summed E-state index contributed by atoms with van der Waals surface area (Å²) in [6.45, 7) is 12.9. The Bertz CT molecular complexity index is 939. The molecule has 0 aliphatic rings. The van der Waals surface area contributed by atoms with Crippen molar-refractivity contribution in [3.05, 3.63) is 59.7 Å². The maximum atomic E-state index is 13.5. The van der Waals surface area contributed by atoms with E-state index in [9.17, 15) is 13.2 Å². The number of likely N-dealkylation sites (N-methyl/N-ethyl adjacent to an activating group) is 1. The molecule has 6 heteroatoms. The zero-order valence-electron chi connectivity index (χ0n) is 19.0. The lowest BCUT2D eigenvalue weighted by molar-refractivity contribution is -0.129. The monoisotopic (exact) mass is 430 g/mol. The molecule has 5 nitrogen and oxygen atoms in total. The van der Waals surface area contributed by atoms with Crippen LogP contribution in [0.15, 0.2) is 53.4 Å². The standard InChI is InChI=1S/C24H34N2O3S/c1-7-19-10-14-21(15-11-19)26(18-23(27)25(8-2)9-3)30(28,29)22-16-12-20(13-17-22)24(4,5)6/h10-17H,7-9,18H2,1-6H3. The Morgan fingerprint density at radius 2 is 1.40 bits per heavy atom. The van der Waals surface area contributed by atoms with Crippen LogP contribution in [0.4, 0.5) is 5.69 Å². The first-order valence-electron chi connectivity index (χ1n) is 10.5. The van der Waals surface area contributed by atoms with Gasteiger partial charge in [0.15, 0.2) is 0 Å². The zero-order chi connectivity index (χ0) is 22.5. The average Bonchev–Trinajstić information content (AvgIpc) is 2.72. The Kier molecular flexibility index (Phi) is 7.70. The van der Waals surface area contributed by atoms with E-state index < -0.39 is 10.0 Å². The first kappa shape index (κ1) is 23.9.